The first-order valence-corrected chi connectivity index (χ1v) is 6.49. The van der Waals surface area contributed by atoms with Crippen LogP contribution in [0.15, 0.2) is 42.5 Å². The average molecular weight is 307 g/mol. The molecule has 21 heavy (non-hydrogen) atoms. The van der Waals surface area contributed by atoms with E-state index in [9.17, 15) is 20.0 Å². The van der Waals surface area contributed by atoms with Gasteiger partial charge < -0.3 is 10.4 Å². The first-order valence-electron chi connectivity index (χ1n) is 5.95. The number of phenols is 1. The van der Waals surface area contributed by atoms with E-state index in [0.29, 0.717) is 11.4 Å². The van der Waals surface area contributed by atoms with E-state index in [1.807, 2.05) is 0 Å². The fourth-order valence-corrected chi connectivity index (χ4v) is 1.92. The molecule has 2 N–H and O–H groups in total. The monoisotopic (exact) mass is 306 g/mol. The SMILES string of the molecule is O=C(Nc1c(O)cccc1[N+](=O)[O-])c1ccc(CCl)cc1. The molecule has 0 fully saturated rings. The van der Waals surface area contributed by atoms with Crippen molar-refractivity contribution in [2.75, 3.05) is 5.32 Å². The van der Waals surface area contributed by atoms with Gasteiger partial charge in [0.2, 0.25) is 0 Å². The van der Waals surface area contributed by atoms with Gasteiger partial charge in [0.05, 0.1) is 4.92 Å². The maximum absolute atomic E-state index is 12.1. The van der Waals surface area contributed by atoms with Crippen LogP contribution in [0.2, 0.25) is 0 Å². The number of anilines is 1. The molecule has 0 heterocycles. The van der Waals surface area contributed by atoms with Crippen LogP contribution >= 0.6 is 11.6 Å². The molecular weight excluding hydrogens is 296 g/mol. The number of amides is 1. The molecule has 0 aliphatic rings. The van der Waals surface area contributed by atoms with Crippen molar-refractivity contribution < 1.29 is 14.8 Å². The van der Waals surface area contributed by atoms with E-state index in [-0.39, 0.29) is 17.1 Å². The molecule has 0 aliphatic carbocycles. The minimum absolute atomic E-state index is 0.228. The van der Waals surface area contributed by atoms with Crippen LogP contribution in [0.1, 0.15) is 15.9 Å². The van der Waals surface area contributed by atoms with Crippen molar-refractivity contribution >= 4 is 28.9 Å². The molecule has 6 nitrogen and oxygen atoms in total. The zero-order valence-corrected chi connectivity index (χ0v) is 11.5. The number of alkyl halides is 1. The summed E-state index contributed by atoms with van der Waals surface area (Å²) in [6.45, 7) is 0. The number of nitro benzene ring substituents is 1. The van der Waals surface area contributed by atoms with E-state index < -0.39 is 10.8 Å². The molecule has 0 saturated carbocycles. The standard InChI is InChI=1S/C14H11ClN2O4/c15-8-9-4-6-10(7-5-9)14(19)16-13-11(17(20)21)2-1-3-12(13)18/h1-7,18H,8H2,(H,16,19). The molecule has 0 spiro atoms. The van der Waals surface area contributed by atoms with Crippen molar-refractivity contribution in [2.45, 2.75) is 5.88 Å². The second kappa shape index (κ2) is 6.23. The number of halogens is 1. The summed E-state index contributed by atoms with van der Waals surface area (Å²) in [7, 11) is 0. The van der Waals surface area contributed by atoms with Gasteiger partial charge >= 0.3 is 0 Å². The van der Waals surface area contributed by atoms with E-state index in [1.54, 1.807) is 24.3 Å². The van der Waals surface area contributed by atoms with Crippen LogP contribution < -0.4 is 5.32 Å². The van der Waals surface area contributed by atoms with Gasteiger partial charge in [-0.2, -0.15) is 0 Å². The van der Waals surface area contributed by atoms with Crippen molar-refractivity contribution in [3.63, 3.8) is 0 Å². The van der Waals surface area contributed by atoms with Crippen LogP contribution in [0, 0.1) is 10.1 Å². The summed E-state index contributed by atoms with van der Waals surface area (Å²) in [6, 6.07) is 10.3. The number of benzene rings is 2. The lowest BCUT2D eigenvalue weighted by molar-refractivity contribution is -0.384. The number of rotatable bonds is 4. The Balaban J connectivity index is 2.29. The Morgan fingerprint density at radius 2 is 1.90 bits per heavy atom. The van der Waals surface area contributed by atoms with Crippen molar-refractivity contribution in [1.82, 2.24) is 0 Å². The van der Waals surface area contributed by atoms with Crippen LogP contribution in [-0.2, 0) is 5.88 Å². The number of carbonyl (C=O) groups excluding carboxylic acids is 1. The Labute approximate surface area is 125 Å². The molecule has 2 rings (SSSR count). The molecule has 7 heteroatoms. The maximum atomic E-state index is 12.1. The van der Waals surface area contributed by atoms with Gasteiger partial charge in [-0.05, 0) is 23.8 Å². The largest absolute Gasteiger partial charge is 0.505 e. The molecule has 0 atom stereocenters. The van der Waals surface area contributed by atoms with Gasteiger partial charge in [-0.15, -0.1) is 11.6 Å². The van der Waals surface area contributed by atoms with Gasteiger partial charge in [-0.3, -0.25) is 14.9 Å². The van der Waals surface area contributed by atoms with Crippen LogP contribution in [0.5, 0.6) is 5.75 Å². The normalized spacial score (nSPS) is 10.1. The van der Waals surface area contributed by atoms with Gasteiger partial charge in [0.1, 0.15) is 5.75 Å². The second-order valence-electron chi connectivity index (χ2n) is 4.21. The van der Waals surface area contributed by atoms with Crippen molar-refractivity contribution in [1.29, 1.82) is 0 Å². The number of nitrogens with zero attached hydrogens (tertiary/aromatic N) is 1. The number of nitrogens with one attached hydrogen (secondary N) is 1. The average Bonchev–Trinajstić information content (AvgIpc) is 2.49. The molecule has 0 unspecified atom stereocenters. The predicted octanol–water partition coefficient (Wildman–Crippen LogP) is 3.29. The van der Waals surface area contributed by atoms with Crippen LogP contribution in [0.3, 0.4) is 0 Å². The van der Waals surface area contributed by atoms with Crippen molar-refractivity contribution in [3.8, 4) is 5.75 Å². The van der Waals surface area contributed by atoms with Crippen LogP contribution in [0.4, 0.5) is 11.4 Å². The number of phenolic OH excluding ortho intramolecular Hbond substituents is 1. The summed E-state index contributed by atoms with van der Waals surface area (Å²) in [5, 5.41) is 22.9. The van der Waals surface area contributed by atoms with Crippen LogP contribution in [0.25, 0.3) is 0 Å². The van der Waals surface area contributed by atoms with Crippen molar-refractivity contribution in [2.24, 2.45) is 0 Å². The first-order chi connectivity index (χ1) is 10.0. The lowest BCUT2D eigenvalue weighted by atomic mass is 10.1. The second-order valence-corrected chi connectivity index (χ2v) is 4.48. The summed E-state index contributed by atoms with van der Waals surface area (Å²) < 4.78 is 0. The maximum Gasteiger partial charge on any atom is 0.296 e. The fourth-order valence-electron chi connectivity index (χ4n) is 1.74. The number of nitro groups is 1. The highest BCUT2D eigenvalue weighted by Crippen LogP contribution is 2.33. The Morgan fingerprint density at radius 1 is 1.24 bits per heavy atom. The summed E-state index contributed by atoms with van der Waals surface area (Å²) in [6.07, 6.45) is 0. The molecular formula is C14H11ClN2O4. The van der Waals surface area contributed by atoms with Gasteiger partial charge in [-0.25, -0.2) is 0 Å². The molecule has 0 aromatic heterocycles. The van der Waals surface area contributed by atoms with E-state index in [1.165, 1.54) is 18.2 Å². The Kier molecular flexibility index (Phi) is 4.39. The predicted molar refractivity (Wildman–Crippen MR) is 78.7 cm³/mol. The molecule has 1 amide bonds. The minimum atomic E-state index is -0.675. The third kappa shape index (κ3) is 3.29. The molecule has 0 aliphatic heterocycles. The lowest BCUT2D eigenvalue weighted by Gasteiger charge is -2.08. The number of hydrogen-bond acceptors (Lipinski definition) is 4. The highest BCUT2D eigenvalue weighted by atomic mass is 35.5. The van der Waals surface area contributed by atoms with Crippen molar-refractivity contribution in [3.05, 3.63) is 63.7 Å². The molecule has 108 valence electrons. The highest BCUT2D eigenvalue weighted by Gasteiger charge is 2.20. The molecule has 0 radical (unpaired) electrons. The minimum Gasteiger partial charge on any atom is -0.505 e. The van der Waals surface area contributed by atoms with E-state index in [0.717, 1.165) is 5.56 Å². The third-order valence-corrected chi connectivity index (χ3v) is 3.13. The van der Waals surface area contributed by atoms with E-state index in [4.69, 9.17) is 11.6 Å². The topological polar surface area (TPSA) is 92.5 Å². The zero-order chi connectivity index (χ0) is 15.4. The molecule has 2 aromatic carbocycles. The van der Waals surface area contributed by atoms with Crippen LogP contribution in [-0.4, -0.2) is 15.9 Å². The Bertz CT molecular complexity index is 686. The Morgan fingerprint density at radius 3 is 2.48 bits per heavy atom. The quantitative estimate of drug-likeness (QED) is 0.392. The summed E-state index contributed by atoms with van der Waals surface area (Å²) in [5.41, 5.74) is 0.554. The Hall–Kier alpha value is -2.60. The molecule has 0 saturated heterocycles. The van der Waals surface area contributed by atoms with E-state index in [2.05, 4.69) is 5.32 Å². The number of carbonyl (C=O) groups is 1. The smallest absolute Gasteiger partial charge is 0.296 e. The third-order valence-electron chi connectivity index (χ3n) is 2.83. The fraction of sp³-hybridized carbons (Fsp3) is 0.0714. The van der Waals surface area contributed by atoms with E-state index >= 15 is 0 Å². The number of aromatic hydroxyl groups is 1. The number of para-hydroxylation sites is 1. The summed E-state index contributed by atoms with van der Waals surface area (Å²) in [4.78, 5) is 22.3. The summed E-state index contributed by atoms with van der Waals surface area (Å²) in [5.74, 6) is -0.594. The summed E-state index contributed by atoms with van der Waals surface area (Å²) >= 11 is 5.66. The van der Waals surface area contributed by atoms with Gasteiger partial charge in [0.25, 0.3) is 11.6 Å². The number of hydrogen-bond donors (Lipinski definition) is 2. The van der Waals surface area contributed by atoms with Gasteiger partial charge in [0, 0.05) is 17.5 Å². The van der Waals surface area contributed by atoms with Gasteiger partial charge in [-0.1, -0.05) is 18.2 Å². The lowest BCUT2D eigenvalue weighted by Crippen LogP contribution is -2.13. The molecule has 0 bridgehead atoms. The zero-order valence-electron chi connectivity index (χ0n) is 10.7. The first kappa shape index (κ1) is 14.8. The van der Waals surface area contributed by atoms with Gasteiger partial charge in [0.15, 0.2) is 5.69 Å². The highest BCUT2D eigenvalue weighted by molar-refractivity contribution is 6.17. The molecule has 2 aromatic rings.